The number of amides is 1. The lowest BCUT2D eigenvalue weighted by molar-refractivity contribution is -0.161. The highest BCUT2D eigenvalue weighted by Gasteiger charge is 2.50. The lowest BCUT2D eigenvalue weighted by Crippen LogP contribution is -2.50. The van der Waals surface area contributed by atoms with Crippen LogP contribution in [0.15, 0.2) is 23.5 Å². The molecular formula is C15H16F2N6O2. The molecule has 1 aliphatic heterocycles. The molecule has 1 saturated carbocycles. The van der Waals surface area contributed by atoms with Gasteiger partial charge in [-0.05, 0) is 0 Å². The van der Waals surface area contributed by atoms with Crippen LogP contribution in [0.3, 0.4) is 0 Å². The molecule has 25 heavy (non-hydrogen) atoms. The van der Waals surface area contributed by atoms with Crippen LogP contribution in [0, 0.1) is 5.92 Å². The monoisotopic (exact) mass is 350 g/mol. The topological polar surface area (TPSA) is 85.9 Å². The van der Waals surface area contributed by atoms with Crippen molar-refractivity contribution in [2.75, 3.05) is 6.54 Å². The third kappa shape index (κ3) is 3.03. The van der Waals surface area contributed by atoms with Gasteiger partial charge in [-0.1, -0.05) is 0 Å². The Labute approximate surface area is 141 Å². The average Bonchev–Trinajstić information content (AvgIpc) is 3.04. The van der Waals surface area contributed by atoms with Gasteiger partial charge >= 0.3 is 0 Å². The van der Waals surface area contributed by atoms with E-state index in [1.807, 2.05) is 0 Å². The minimum atomic E-state index is -2.73. The smallest absolute Gasteiger partial charge is 0.253 e. The highest BCUT2D eigenvalue weighted by atomic mass is 19.3. The summed E-state index contributed by atoms with van der Waals surface area (Å²) in [5.41, 5.74) is 0.327. The van der Waals surface area contributed by atoms with Crippen LogP contribution in [0.25, 0.3) is 0 Å². The fraction of sp³-hybridized carbons (Fsp3) is 0.533. The molecule has 0 aromatic carbocycles. The van der Waals surface area contributed by atoms with E-state index in [1.165, 1.54) is 28.2 Å². The summed E-state index contributed by atoms with van der Waals surface area (Å²) >= 11 is 0. The van der Waals surface area contributed by atoms with Crippen LogP contribution in [0.1, 0.15) is 24.4 Å². The quantitative estimate of drug-likeness (QED) is 0.793. The summed E-state index contributed by atoms with van der Waals surface area (Å²) in [5.74, 6) is -3.18. The molecule has 8 nitrogen and oxygen atoms in total. The summed E-state index contributed by atoms with van der Waals surface area (Å²) in [6.07, 6.45) is 2.12. The number of rotatable bonds is 3. The van der Waals surface area contributed by atoms with E-state index in [0.29, 0.717) is 31.2 Å². The summed E-state index contributed by atoms with van der Waals surface area (Å²) < 4.78 is 29.1. The zero-order valence-electron chi connectivity index (χ0n) is 13.3. The van der Waals surface area contributed by atoms with Crippen molar-refractivity contribution in [1.82, 2.24) is 29.2 Å². The Morgan fingerprint density at radius 2 is 2.12 bits per heavy atom. The molecule has 0 spiro atoms. The van der Waals surface area contributed by atoms with Gasteiger partial charge in [-0.25, -0.2) is 23.4 Å². The summed E-state index contributed by atoms with van der Waals surface area (Å²) in [7, 11) is 0. The minimum Gasteiger partial charge on any atom is -0.333 e. The lowest BCUT2D eigenvalue weighted by Gasteiger charge is -2.38. The van der Waals surface area contributed by atoms with Crippen molar-refractivity contribution in [3.05, 3.63) is 40.6 Å². The first-order valence-corrected chi connectivity index (χ1v) is 8.00. The predicted molar refractivity (Wildman–Crippen MR) is 80.7 cm³/mol. The fourth-order valence-electron chi connectivity index (χ4n) is 3.28. The third-order valence-corrected chi connectivity index (χ3v) is 4.61. The molecule has 2 aromatic heterocycles. The molecule has 0 radical (unpaired) electrons. The number of hydrogen-bond acceptors (Lipinski definition) is 5. The first kappa shape index (κ1) is 15.9. The van der Waals surface area contributed by atoms with Crippen LogP contribution < -0.4 is 5.56 Å². The first-order chi connectivity index (χ1) is 11.9. The SMILES string of the molecule is O=C(C1CC(F)(F)C1)N1CCn2c(nc(Cn3cncn3)cc2=O)C1. The second-order valence-electron chi connectivity index (χ2n) is 6.47. The van der Waals surface area contributed by atoms with Gasteiger partial charge < -0.3 is 4.90 Å². The van der Waals surface area contributed by atoms with E-state index in [-0.39, 0.29) is 18.0 Å². The van der Waals surface area contributed by atoms with E-state index in [1.54, 1.807) is 4.68 Å². The molecule has 0 bridgehead atoms. The van der Waals surface area contributed by atoms with E-state index in [2.05, 4.69) is 15.1 Å². The molecule has 0 atom stereocenters. The van der Waals surface area contributed by atoms with Crippen LogP contribution in [0.5, 0.6) is 0 Å². The lowest BCUT2D eigenvalue weighted by atomic mass is 9.80. The summed E-state index contributed by atoms with van der Waals surface area (Å²) in [4.78, 5) is 34.4. The largest absolute Gasteiger partial charge is 0.333 e. The standard InChI is InChI=1S/C15H16F2N6O2/c16-15(17)4-10(5-15)14(25)21-1-2-23-12(7-21)20-11(3-13(23)24)6-22-9-18-8-19-22/h3,8-10H,1-2,4-7H2. The molecule has 2 aromatic rings. The molecule has 10 heteroatoms. The van der Waals surface area contributed by atoms with Crippen LogP contribution in [-0.2, 0) is 24.4 Å². The van der Waals surface area contributed by atoms with Crippen molar-refractivity contribution in [2.24, 2.45) is 5.92 Å². The Bertz CT molecular complexity index is 855. The number of alkyl halides is 2. The Morgan fingerprint density at radius 3 is 2.80 bits per heavy atom. The molecule has 0 unspecified atom stereocenters. The molecule has 2 aliphatic rings. The maximum Gasteiger partial charge on any atom is 0.253 e. The predicted octanol–water partition coefficient (Wildman–Crippen LogP) is 0.271. The second kappa shape index (κ2) is 5.71. The summed E-state index contributed by atoms with van der Waals surface area (Å²) in [6, 6.07) is 1.44. The molecule has 3 heterocycles. The van der Waals surface area contributed by atoms with Crippen LogP contribution in [0.2, 0.25) is 0 Å². The van der Waals surface area contributed by atoms with E-state index < -0.39 is 24.7 Å². The van der Waals surface area contributed by atoms with E-state index in [4.69, 9.17) is 0 Å². The number of fused-ring (bicyclic) bond motifs is 1. The molecule has 1 amide bonds. The fourth-order valence-corrected chi connectivity index (χ4v) is 3.28. The number of aromatic nitrogens is 5. The number of hydrogen-bond donors (Lipinski definition) is 0. The van der Waals surface area contributed by atoms with E-state index in [0.717, 1.165) is 0 Å². The van der Waals surface area contributed by atoms with Gasteiger partial charge in [0, 0.05) is 37.9 Å². The van der Waals surface area contributed by atoms with Gasteiger partial charge in [-0.2, -0.15) is 5.10 Å². The van der Waals surface area contributed by atoms with Gasteiger partial charge in [0.05, 0.1) is 18.8 Å². The molecule has 132 valence electrons. The van der Waals surface area contributed by atoms with Crippen molar-refractivity contribution in [1.29, 1.82) is 0 Å². The Morgan fingerprint density at radius 1 is 1.32 bits per heavy atom. The van der Waals surface area contributed by atoms with Crippen molar-refractivity contribution >= 4 is 5.91 Å². The molecule has 4 rings (SSSR count). The highest BCUT2D eigenvalue weighted by molar-refractivity contribution is 5.80. The number of carbonyl (C=O) groups is 1. The molecular weight excluding hydrogens is 334 g/mol. The second-order valence-corrected chi connectivity index (χ2v) is 6.47. The molecule has 1 aliphatic carbocycles. The maximum atomic E-state index is 13.0. The first-order valence-electron chi connectivity index (χ1n) is 8.00. The minimum absolute atomic E-state index is 0.154. The van der Waals surface area contributed by atoms with Crippen molar-refractivity contribution < 1.29 is 13.6 Å². The third-order valence-electron chi connectivity index (χ3n) is 4.61. The Kier molecular flexibility index (Phi) is 3.62. The summed E-state index contributed by atoms with van der Waals surface area (Å²) in [5, 5.41) is 3.97. The Balaban J connectivity index is 1.52. The van der Waals surface area contributed by atoms with Gasteiger partial charge in [-0.3, -0.25) is 14.2 Å². The van der Waals surface area contributed by atoms with Crippen molar-refractivity contribution in [3.8, 4) is 0 Å². The zero-order chi connectivity index (χ0) is 17.6. The zero-order valence-corrected chi connectivity index (χ0v) is 13.3. The summed E-state index contributed by atoms with van der Waals surface area (Å²) in [6.45, 7) is 1.10. The number of halogens is 2. The molecule has 1 fully saturated rings. The Hall–Kier alpha value is -2.65. The number of nitrogens with zero attached hydrogens (tertiary/aromatic N) is 6. The van der Waals surface area contributed by atoms with Gasteiger partial charge in [0.2, 0.25) is 11.8 Å². The molecule has 0 saturated heterocycles. The highest BCUT2D eigenvalue weighted by Crippen LogP contribution is 2.43. The number of carbonyl (C=O) groups excluding carboxylic acids is 1. The maximum absolute atomic E-state index is 13.0. The van der Waals surface area contributed by atoms with Gasteiger partial charge in [0.15, 0.2) is 0 Å². The average molecular weight is 350 g/mol. The van der Waals surface area contributed by atoms with E-state index in [9.17, 15) is 18.4 Å². The van der Waals surface area contributed by atoms with Gasteiger partial charge in [-0.15, -0.1) is 0 Å². The van der Waals surface area contributed by atoms with Crippen molar-refractivity contribution in [2.45, 2.75) is 38.4 Å². The van der Waals surface area contributed by atoms with Crippen LogP contribution >= 0.6 is 0 Å². The van der Waals surface area contributed by atoms with E-state index >= 15 is 0 Å². The van der Waals surface area contributed by atoms with Gasteiger partial charge in [0.1, 0.15) is 18.5 Å². The van der Waals surface area contributed by atoms with Crippen molar-refractivity contribution in [3.63, 3.8) is 0 Å². The van der Waals surface area contributed by atoms with Crippen LogP contribution in [-0.4, -0.2) is 47.6 Å². The van der Waals surface area contributed by atoms with Crippen LogP contribution in [0.4, 0.5) is 8.78 Å². The normalized spacial score (nSPS) is 19.4. The van der Waals surface area contributed by atoms with Gasteiger partial charge in [0.25, 0.3) is 5.56 Å². The molecule has 0 N–H and O–H groups in total.